The lowest BCUT2D eigenvalue weighted by Gasteiger charge is -2.13. The SMILES string of the molecule is Cc1c(Br)cc(F)cc1OC(C)C. The first-order chi connectivity index (χ1) is 6.00. The van der Waals surface area contributed by atoms with Crippen LogP contribution in [-0.2, 0) is 0 Å². The van der Waals surface area contributed by atoms with Crippen LogP contribution in [0, 0.1) is 12.7 Å². The lowest BCUT2D eigenvalue weighted by atomic mass is 10.2. The Morgan fingerprint density at radius 3 is 2.54 bits per heavy atom. The number of ether oxygens (including phenoxy) is 1. The van der Waals surface area contributed by atoms with Gasteiger partial charge in [0.05, 0.1) is 6.10 Å². The first-order valence-corrected chi connectivity index (χ1v) is 4.92. The van der Waals surface area contributed by atoms with Gasteiger partial charge in [-0.25, -0.2) is 4.39 Å². The quantitative estimate of drug-likeness (QED) is 0.774. The van der Waals surface area contributed by atoms with Crippen LogP contribution < -0.4 is 4.74 Å². The summed E-state index contributed by atoms with van der Waals surface area (Å²) >= 11 is 3.27. The van der Waals surface area contributed by atoms with E-state index in [0.717, 1.165) is 10.0 Å². The minimum Gasteiger partial charge on any atom is -0.491 e. The van der Waals surface area contributed by atoms with E-state index in [1.165, 1.54) is 12.1 Å². The van der Waals surface area contributed by atoms with Gasteiger partial charge in [-0.3, -0.25) is 0 Å². The van der Waals surface area contributed by atoms with Gasteiger partial charge in [0.1, 0.15) is 11.6 Å². The van der Waals surface area contributed by atoms with Crippen LogP contribution in [0.1, 0.15) is 19.4 Å². The van der Waals surface area contributed by atoms with Crippen LogP contribution in [0.3, 0.4) is 0 Å². The molecule has 0 aliphatic rings. The van der Waals surface area contributed by atoms with Gasteiger partial charge in [-0.05, 0) is 26.8 Å². The minimum atomic E-state index is -0.284. The van der Waals surface area contributed by atoms with Crippen LogP contribution >= 0.6 is 15.9 Å². The Labute approximate surface area is 86.0 Å². The van der Waals surface area contributed by atoms with Gasteiger partial charge in [-0.2, -0.15) is 0 Å². The molecule has 0 fully saturated rings. The van der Waals surface area contributed by atoms with Crippen molar-refractivity contribution in [2.45, 2.75) is 26.9 Å². The first-order valence-electron chi connectivity index (χ1n) is 4.13. The molecule has 0 bridgehead atoms. The van der Waals surface area contributed by atoms with Crippen molar-refractivity contribution in [3.63, 3.8) is 0 Å². The Balaban J connectivity index is 3.05. The highest BCUT2D eigenvalue weighted by molar-refractivity contribution is 9.10. The molecule has 0 heterocycles. The number of hydrogen-bond donors (Lipinski definition) is 0. The molecule has 0 N–H and O–H groups in total. The van der Waals surface area contributed by atoms with Crippen molar-refractivity contribution in [2.24, 2.45) is 0 Å². The summed E-state index contributed by atoms with van der Waals surface area (Å²) in [5.41, 5.74) is 0.926. The molecule has 1 aromatic rings. The number of hydrogen-bond acceptors (Lipinski definition) is 1. The van der Waals surface area contributed by atoms with Crippen molar-refractivity contribution in [2.75, 3.05) is 0 Å². The van der Waals surface area contributed by atoms with Gasteiger partial charge in [0.2, 0.25) is 0 Å². The summed E-state index contributed by atoms with van der Waals surface area (Å²) in [7, 11) is 0. The van der Waals surface area contributed by atoms with E-state index in [4.69, 9.17) is 4.74 Å². The summed E-state index contributed by atoms with van der Waals surface area (Å²) in [6.07, 6.45) is 0.0624. The minimum absolute atomic E-state index is 0.0624. The number of benzene rings is 1. The predicted octanol–water partition coefficient (Wildman–Crippen LogP) is 3.68. The fourth-order valence-electron chi connectivity index (χ4n) is 0.999. The van der Waals surface area contributed by atoms with E-state index in [-0.39, 0.29) is 11.9 Å². The summed E-state index contributed by atoms with van der Waals surface area (Å²) in [5, 5.41) is 0. The van der Waals surface area contributed by atoms with E-state index < -0.39 is 0 Å². The van der Waals surface area contributed by atoms with Crippen molar-refractivity contribution >= 4 is 15.9 Å². The summed E-state index contributed by atoms with van der Waals surface area (Å²) in [6, 6.07) is 2.84. The zero-order chi connectivity index (χ0) is 10.0. The first kappa shape index (κ1) is 10.5. The van der Waals surface area contributed by atoms with Gasteiger partial charge >= 0.3 is 0 Å². The molecule has 0 amide bonds. The second kappa shape index (κ2) is 4.09. The highest BCUT2D eigenvalue weighted by Gasteiger charge is 2.07. The third-order valence-corrected chi connectivity index (χ3v) is 2.45. The van der Waals surface area contributed by atoms with Gasteiger partial charge < -0.3 is 4.74 Å². The van der Waals surface area contributed by atoms with Crippen molar-refractivity contribution < 1.29 is 9.13 Å². The molecule has 0 spiro atoms. The summed E-state index contributed by atoms with van der Waals surface area (Å²) < 4.78 is 19.1. The van der Waals surface area contributed by atoms with Crippen molar-refractivity contribution in [1.82, 2.24) is 0 Å². The van der Waals surface area contributed by atoms with Crippen molar-refractivity contribution in [1.29, 1.82) is 0 Å². The van der Waals surface area contributed by atoms with Crippen LogP contribution in [-0.4, -0.2) is 6.10 Å². The number of halogens is 2. The van der Waals surface area contributed by atoms with Crippen molar-refractivity contribution in [3.8, 4) is 5.75 Å². The normalized spacial score (nSPS) is 10.6. The van der Waals surface area contributed by atoms with Gasteiger partial charge in [-0.1, -0.05) is 15.9 Å². The van der Waals surface area contributed by atoms with E-state index in [0.29, 0.717) is 5.75 Å². The highest BCUT2D eigenvalue weighted by Crippen LogP contribution is 2.28. The second-order valence-corrected chi connectivity index (χ2v) is 4.03. The van der Waals surface area contributed by atoms with Crippen LogP contribution in [0.4, 0.5) is 4.39 Å². The van der Waals surface area contributed by atoms with E-state index in [2.05, 4.69) is 15.9 Å². The van der Waals surface area contributed by atoms with E-state index in [1.807, 2.05) is 20.8 Å². The number of rotatable bonds is 2. The molecular formula is C10H12BrFO. The molecule has 1 nitrogen and oxygen atoms in total. The Morgan fingerprint density at radius 2 is 2.00 bits per heavy atom. The fourth-order valence-corrected chi connectivity index (χ4v) is 1.41. The molecule has 72 valence electrons. The maximum atomic E-state index is 12.9. The van der Waals surface area contributed by atoms with E-state index in [1.54, 1.807) is 0 Å². The lowest BCUT2D eigenvalue weighted by Crippen LogP contribution is -2.07. The maximum Gasteiger partial charge on any atom is 0.128 e. The third kappa shape index (κ3) is 2.69. The monoisotopic (exact) mass is 246 g/mol. The van der Waals surface area contributed by atoms with Crippen LogP contribution in [0.25, 0.3) is 0 Å². The Hall–Kier alpha value is -0.570. The molecule has 3 heteroatoms. The zero-order valence-corrected chi connectivity index (χ0v) is 9.48. The molecule has 1 rings (SSSR count). The molecule has 0 aliphatic carbocycles. The van der Waals surface area contributed by atoms with Crippen molar-refractivity contribution in [3.05, 3.63) is 28.0 Å². The maximum absolute atomic E-state index is 12.9. The molecule has 0 saturated heterocycles. The van der Waals surface area contributed by atoms with E-state index in [9.17, 15) is 4.39 Å². The zero-order valence-electron chi connectivity index (χ0n) is 7.90. The molecule has 0 unspecified atom stereocenters. The molecule has 13 heavy (non-hydrogen) atoms. The van der Waals surface area contributed by atoms with Crippen LogP contribution in [0.15, 0.2) is 16.6 Å². The Kier molecular flexibility index (Phi) is 3.31. The van der Waals surface area contributed by atoms with Gasteiger partial charge in [0, 0.05) is 16.1 Å². The van der Waals surface area contributed by atoms with Gasteiger partial charge in [0.15, 0.2) is 0 Å². The summed E-state index contributed by atoms with van der Waals surface area (Å²) in [4.78, 5) is 0. The average Bonchev–Trinajstić information content (AvgIpc) is 1.98. The average molecular weight is 247 g/mol. The molecule has 0 aromatic heterocycles. The summed E-state index contributed by atoms with van der Waals surface area (Å²) in [6.45, 7) is 5.72. The molecule has 0 aliphatic heterocycles. The summed E-state index contributed by atoms with van der Waals surface area (Å²) in [5.74, 6) is 0.315. The van der Waals surface area contributed by atoms with Gasteiger partial charge in [-0.15, -0.1) is 0 Å². The van der Waals surface area contributed by atoms with Crippen LogP contribution in [0.5, 0.6) is 5.75 Å². The smallest absolute Gasteiger partial charge is 0.128 e. The third-order valence-electron chi connectivity index (χ3n) is 1.62. The topological polar surface area (TPSA) is 9.23 Å². The second-order valence-electron chi connectivity index (χ2n) is 3.18. The lowest BCUT2D eigenvalue weighted by molar-refractivity contribution is 0.239. The predicted molar refractivity (Wildman–Crippen MR) is 54.6 cm³/mol. The molecule has 1 aromatic carbocycles. The Bertz CT molecular complexity index is 310. The highest BCUT2D eigenvalue weighted by atomic mass is 79.9. The molecule has 0 radical (unpaired) electrons. The van der Waals surface area contributed by atoms with E-state index >= 15 is 0 Å². The largest absolute Gasteiger partial charge is 0.491 e. The molecular weight excluding hydrogens is 235 g/mol. The molecule has 0 atom stereocenters. The molecule has 0 saturated carbocycles. The van der Waals surface area contributed by atoms with Gasteiger partial charge in [0.25, 0.3) is 0 Å². The van der Waals surface area contributed by atoms with Crippen LogP contribution in [0.2, 0.25) is 0 Å². The Morgan fingerprint density at radius 1 is 1.38 bits per heavy atom. The fraction of sp³-hybridized carbons (Fsp3) is 0.400. The standard InChI is InChI=1S/C10H12BrFO/c1-6(2)13-10-5-8(12)4-9(11)7(10)3/h4-6H,1-3H3.